The highest BCUT2D eigenvalue weighted by atomic mass is 79.9. The molecular weight excluding hydrogens is 261 g/mol. The Bertz CT molecular complexity index is 371. The van der Waals surface area contributed by atoms with E-state index in [0.29, 0.717) is 0 Å². The predicted octanol–water partition coefficient (Wildman–Crippen LogP) is 3.67. The minimum atomic E-state index is -4.51. The third kappa shape index (κ3) is 2.15. The third-order valence-electron chi connectivity index (χ3n) is 1.68. The van der Waals surface area contributed by atoms with Gasteiger partial charge in [0.1, 0.15) is 0 Å². The van der Waals surface area contributed by atoms with Crippen molar-refractivity contribution in [3.63, 3.8) is 0 Å². The van der Waals surface area contributed by atoms with Gasteiger partial charge in [-0.15, -0.1) is 0 Å². The first kappa shape index (κ1) is 11.2. The van der Waals surface area contributed by atoms with Gasteiger partial charge in [0, 0.05) is 10.0 Å². The molecule has 0 saturated heterocycles. The van der Waals surface area contributed by atoms with E-state index in [9.17, 15) is 18.0 Å². The molecule has 1 aromatic carbocycles. The Morgan fingerprint density at radius 2 is 1.93 bits per heavy atom. The number of benzene rings is 1. The van der Waals surface area contributed by atoms with Crippen LogP contribution in [0.3, 0.4) is 0 Å². The molecule has 0 spiro atoms. The summed E-state index contributed by atoms with van der Waals surface area (Å²) in [5.41, 5.74) is -1.22. The van der Waals surface area contributed by atoms with Gasteiger partial charge < -0.3 is 0 Å². The smallest absolute Gasteiger partial charge is 0.294 e. The summed E-state index contributed by atoms with van der Waals surface area (Å²) in [7, 11) is 0. The maximum atomic E-state index is 12.5. The molecule has 0 amide bonds. The van der Waals surface area contributed by atoms with Crippen LogP contribution in [0.25, 0.3) is 0 Å². The maximum absolute atomic E-state index is 12.5. The molecule has 0 unspecified atom stereocenters. The molecule has 76 valence electrons. The number of ketones is 1. The van der Waals surface area contributed by atoms with Crippen LogP contribution in [0, 0.1) is 0 Å². The van der Waals surface area contributed by atoms with E-state index >= 15 is 0 Å². The highest BCUT2D eigenvalue weighted by Gasteiger charge is 2.36. The molecule has 5 heteroatoms. The highest BCUT2D eigenvalue weighted by Crippen LogP contribution is 2.37. The lowest BCUT2D eigenvalue weighted by atomic mass is 10.0. The molecule has 0 N–H and O–H groups in total. The molecule has 0 aliphatic heterocycles. The summed E-state index contributed by atoms with van der Waals surface area (Å²) in [5, 5.41) is 0. The number of carbonyl (C=O) groups excluding carboxylic acids is 1. The first-order chi connectivity index (χ1) is 6.34. The Labute approximate surface area is 87.1 Å². The average Bonchev–Trinajstić information content (AvgIpc) is 2.01. The van der Waals surface area contributed by atoms with Gasteiger partial charge in [0.05, 0.1) is 5.56 Å². The van der Waals surface area contributed by atoms with Crippen LogP contribution in [0.15, 0.2) is 22.7 Å². The van der Waals surface area contributed by atoms with Crippen LogP contribution in [0.1, 0.15) is 22.8 Å². The van der Waals surface area contributed by atoms with E-state index in [2.05, 4.69) is 15.9 Å². The normalized spacial score (nSPS) is 11.5. The van der Waals surface area contributed by atoms with E-state index in [1.807, 2.05) is 0 Å². The van der Waals surface area contributed by atoms with Crippen molar-refractivity contribution in [2.45, 2.75) is 13.1 Å². The van der Waals surface area contributed by atoms with E-state index in [1.165, 1.54) is 12.1 Å². The zero-order valence-corrected chi connectivity index (χ0v) is 8.74. The van der Waals surface area contributed by atoms with E-state index in [-0.39, 0.29) is 10.0 Å². The zero-order chi connectivity index (χ0) is 10.9. The van der Waals surface area contributed by atoms with Crippen LogP contribution >= 0.6 is 15.9 Å². The number of rotatable bonds is 1. The topological polar surface area (TPSA) is 17.1 Å². The maximum Gasteiger partial charge on any atom is 0.418 e. The summed E-state index contributed by atoms with van der Waals surface area (Å²) >= 11 is 2.78. The number of hydrogen-bond donors (Lipinski definition) is 0. The summed E-state index contributed by atoms with van der Waals surface area (Å²) in [6, 6.07) is 3.82. The summed E-state index contributed by atoms with van der Waals surface area (Å²) in [6.45, 7) is 1.11. The fourth-order valence-electron chi connectivity index (χ4n) is 1.11. The highest BCUT2D eigenvalue weighted by molar-refractivity contribution is 9.10. The van der Waals surface area contributed by atoms with Crippen molar-refractivity contribution >= 4 is 21.7 Å². The van der Waals surface area contributed by atoms with Gasteiger partial charge in [-0.1, -0.05) is 28.1 Å². The molecular formula is C9H6BrF3O. The fraction of sp³-hybridized carbons (Fsp3) is 0.222. The number of carbonyl (C=O) groups is 1. The Balaban J connectivity index is 3.45. The quantitative estimate of drug-likeness (QED) is 0.709. The Morgan fingerprint density at radius 3 is 2.29 bits per heavy atom. The number of hydrogen-bond acceptors (Lipinski definition) is 1. The summed E-state index contributed by atoms with van der Waals surface area (Å²) in [6.07, 6.45) is -4.51. The standard InChI is InChI=1S/C9H6BrF3O/c1-5(14)6-3-2-4-7(10)8(6)9(11,12)13/h2-4H,1H3. The van der Waals surface area contributed by atoms with Crippen LogP contribution in [0.2, 0.25) is 0 Å². The van der Waals surface area contributed by atoms with Crippen molar-refractivity contribution in [2.24, 2.45) is 0 Å². The van der Waals surface area contributed by atoms with Crippen molar-refractivity contribution in [3.8, 4) is 0 Å². The lowest BCUT2D eigenvalue weighted by Crippen LogP contribution is -2.12. The zero-order valence-electron chi connectivity index (χ0n) is 7.15. The Hall–Kier alpha value is -0.840. The third-order valence-corrected chi connectivity index (χ3v) is 2.34. The molecule has 0 aliphatic rings. The van der Waals surface area contributed by atoms with Crippen LogP contribution in [0.5, 0.6) is 0 Å². The number of halogens is 4. The van der Waals surface area contributed by atoms with Crippen LogP contribution in [-0.2, 0) is 6.18 Å². The Kier molecular flexibility index (Phi) is 2.99. The lowest BCUT2D eigenvalue weighted by molar-refractivity contribution is -0.138. The van der Waals surface area contributed by atoms with E-state index in [4.69, 9.17) is 0 Å². The van der Waals surface area contributed by atoms with E-state index in [1.54, 1.807) is 0 Å². The fourth-order valence-corrected chi connectivity index (χ4v) is 1.70. The largest absolute Gasteiger partial charge is 0.418 e. The first-order valence-electron chi connectivity index (χ1n) is 3.70. The van der Waals surface area contributed by atoms with Gasteiger partial charge in [-0.05, 0) is 13.0 Å². The van der Waals surface area contributed by atoms with Crippen LogP contribution in [-0.4, -0.2) is 5.78 Å². The second kappa shape index (κ2) is 3.73. The predicted molar refractivity (Wildman–Crippen MR) is 49.1 cm³/mol. The molecule has 1 nitrogen and oxygen atoms in total. The van der Waals surface area contributed by atoms with Gasteiger partial charge in [0.25, 0.3) is 0 Å². The van der Waals surface area contributed by atoms with E-state index < -0.39 is 17.5 Å². The SMILES string of the molecule is CC(=O)c1cccc(Br)c1C(F)(F)F. The first-order valence-corrected chi connectivity index (χ1v) is 4.50. The van der Waals surface area contributed by atoms with Gasteiger partial charge in [0.15, 0.2) is 5.78 Å². The summed E-state index contributed by atoms with van der Waals surface area (Å²) in [5.74, 6) is -0.598. The second-order valence-corrected chi connectivity index (χ2v) is 3.57. The lowest BCUT2D eigenvalue weighted by Gasteiger charge is -2.12. The molecule has 0 aliphatic carbocycles. The molecule has 0 fully saturated rings. The minimum Gasteiger partial charge on any atom is -0.294 e. The average molecular weight is 267 g/mol. The molecule has 1 rings (SSSR count). The van der Waals surface area contributed by atoms with Crippen molar-refractivity contribution in [2.75, 3.05) is 0 Å². The molecule has 0 radical (unpaired) electrons. The monoisotopic (exact) mass is 266 g/mol. The number of Topliss-reactive ketones (excluding diaryl/α,β-unsaturated/α-hetero) is 1. The molecule has 14 heavy (non-hydrogen) atoms. The molecule has 1 aromatic rings. The Morgan fingerprint density at radius 1 is 1.36 bits per heavy atom. The van der Waals surface area contributed by atoms with Gasteiger partial charge >= 0.3 is 6.18 Å². The van der Waals surface area contributed by atoms with Gasteiger partial charge in [-0.2, -0.15) is 13.2 Å². The van der Waals surface area contributed by atoms with E-state index in [0.717, 1.165) is 13.0 Å². The van der Waals surface area contributed by atoms with Crippen molar-refractivity contribution in [3.05, 3.63) is 33.8 Å². The molecule has 0 saturated carbocycles. The molecule has 0 bridgehead atoms. The minimum absolute atomic E-state index is 0.113. The summed E-state index contributed by atoms with van der Waals surface area (Å²) in [4.78, 5) is 10.9. The van der Waals surface area contributed by atoms with Crippen molar-refractivity contribution in [1.29, 1.82) is 0 Å². The van der Waals surface area contributed by atoms with Gasteiger partial charge in [0.2, 0.25) is 0 Å². The van der Waals surface area contributed by atoms with Crippen molar-refractivity contribution in [1.82, 2.24) is 0 Å². The van der Waals surface area contributed by atoms with Crippen LogP contribution < -0.4 is 0 Å². The van der Waals surface area contributed by atoms with Crippen LogP contribution in [0.4, 0.5) is 13.2 Å². The molecule has 0 heterocycles. The molecule has 0 atom stereocenters. The number of alkyl halides is 3. The second-order valence-electron chi connectivity index (χ2n) is 2.72. The summed E-state index contributed by atoms with van der Waals surface area (Å²) < 4.78 is 37.3. The van der Waals surface area contributed by atoms with Gasteiger partial charge in [-0.3, -0.25) is 4.79 Å². The van der Waals surface area contributed by atoms with Gasteiger partial charge in [-0.25, -0.2) is 0 Å². The van der Waals surface area contributed by atoms with Crippen molar-refractivity contribution < 1.29 is 18.0 Å². The molecule has 0 aromatic heterocycles.